The summed E-state index contributed by atoms with van der Waals surface area (Å²) in [6.45, 7) is 2.41. The first-order valence-electron chi connectivity index (χ1n) is 8.96. The number of fused-ring (bicyclic) bond motifs is 1. The first-order chi connectivity index (χ1) is 13.5. The minimum absolute atomic E-state index is 0.349. The Morgan fingerprint density at radius 1 is 1.36 bits per heavy atom. The molecule has 1 aromatic carbocycles. The fourth-order valence-electron chi connectivity index (χ4n) is 3.52. The summed E-state index contributed by atoms with van der Waals surface area (Å²) in [5, 5.41) is 26.6. The van der Waals surface area contributed by atoms with Gasteiger partial charge in [0.1, 0.15) is 24.2 Å². The summed E-state index contributed by atoms with van der Waals surface area (Å²) >= 11 is 0. The lowest BCUT2D eigenvalue weighted by molar-refractivity contribution is 0.0157. The van der Waals surface area contributed by atoms with Crippen LogP contribution in [0.5, 0.6) is 0 Å². The highest BCUT2D eigenvalue weighted by Gasteiger charge is 2.45. The van der Waals surface area contributed by atoms with Crippen LogP contribution in [0, 0.1) is 0 Å². The summed E-state index contributed by atoms with van der Waals surface area (Å²) in [4.78, 5) is 21.9. The average Bonchev–Trinajstić information content (AvgIpc) is 3.23. The molecule has 2 aromatic rings. The normalized spacial score (nSPS) is 26.0. The van der Waals surface area contributed by atoms with E-state index in [0.717, 1.165) is 5.56 Å². The molecular formula is C18H22N6O4. The maximum absolute atomic E-state index is 11.6. The van der Waals surface area contributed by atoms with Crippen LogP contribution >= 0.6 is 0 Å². The standard InChI is InChI=1S/C18H22N6O4/c1-9-13(25)14(26)18(28-9)24-8-23-12-16(21-7-22-17(12)24)20-6-10-4-2-3-5-11(10)15(19)27/h2-5,7,9,13-14,18,23,25-26H,6,8H2,1H3,(H2,19,27)(H,20,21,22)/t9-,13-,14-,18-/m1/s1. The van der Waals surface area contributed by atoms with E-state index in [2.05, 4.69) is 20.6 Å². The van der Waals surface area contributed by atoms with Gasteiger partial charge in [-0.15, -0.1) is 0 Å². The van der Waals surface area contributed by atoms with Crippen molar-refractivity contribution in [2.24, 2.45) is 5.73 Å². The van der Waals surface area contributed by atoms with Crippen LogP contribution in [-0.4, -0.2) is 57.3 Å². The molecule has 10 nitrogen and oxygen atoms in total. The second kappa shape index (κ2) is 7.23. The third kappa shape index (κ3) is 3.11. The number of anilines is 3. The van der Waals surface area contributed by atoms with Gasteiger partial charge in [-0.3, -0.25) is 4.79 Å². The van der Waals surface area contributed by atoms with E-state index in [1.54, 1.807) is 24.0 Å². The number of amides is 1. The van der Waals surface area contributed by atoms with Crippen LogP contribution in [0.4, 0.5) is 17.3 Å². The minimum Gasteiger partial charge on any atom is -0.388 e. The van der Waals surface area contributed by atoms with Crippen molar-refractivity contribution in [3.05, 3.63) is 41.7 Å². The largest absolute Gasteiger partial charge is 0.388 e. The van der Waals surface area contributed by atoms with Crippen molar-refractivity contribution >= 4 is 23.2 Å². The lowest BCUT2D eigenvalue weighted by Gasteiger charge is -2.26. The smallest absolute Gasteiger partial charge is 0.249 e. The zero-order valence-corrected chi connectivity index (χ0v) is 15.2. The number of hydrogen-bond acceptors (Lipinski definition) is 9. The van der Waals surface area contributed by atoms with Crippen molar-refractivity contribution in [1.82, 2.24) is 9.97 Å². The number of aliphatic hydroxyl groups excluding tert-OH is 2. The number of carbonyl (C=O) groups excluding carboxylic acids is 1. The molecule has 3 heterocycles. The van der Waals surface area contributed by atoms with Gasteiger partial charge in [-0.05, 0) is 18.6 Å². The predicted octanol–water partition coefficient (Wildman–Crippen LogP) is -0.156. The third-order valence-electron chi connectivity index (χ3n) is 5.04. The van der Waals surface area contributed by atoms with Crippen LogP contribution < -0.4 is 21.3 Å². The van der Waals surface area contributed by atoms with Crippen molar-refractivity contribution in [3.8, 4) is 0 Å². The van der Waals surface area contributed by atoms with E-state index < -0.39 is 30.4 Å². The van der Waals surface area contributed by atoms with E-state index in [1.807, 2.05) is 12.1 Å². The summed E-state index contributed by atoms with van der Waals surface area (Å²) in [6.07, 6.45) is -1.79. The third-order valence-corrected chi connectivity index (χ3v) is 5.04. The number of hydrogen-bond donors (Lipinski definition) is 5. The first-order valence-corrected chi connectivity index (χ1v) is 8.96. The number of ether oxygens (including phenoxy) is 1. The molecule has 6 N–H and O–H groups in total. The number of nitrogens with one attached hydrogen (secondary N) is 2. The lowest BCUT2D eigenvalue weighted by Crippen LogP contribution is -2.44. The van der Waals surface area contributed by atoms with Crippen molar-refractivity contribution in [2.45, 2.75) is 38.0 Å². The van der Waals surface area contributed by atoms with Crippen LogP contribution in [-0.2, 0) is 11.3 Å². The molecule has 10 heteroatoms. The molecule has 2 aliphatic rings. The number of primary amides is 1. The quantitative estimate of drug-likeness (QED) is 0.473. The van der Waals surface area contributed by atoms with E-state index in [4.69, 9.17) is 10.5 Å². The SMILES string of the molecule is C[C@H]1O[C@@H](N2CNc3c(NCc4ccccc4C(N)=O)ncnc32)[C@H](O)[C@@H]1O. The van der Waals surface area contributed by atoms with Crippen molar-refractivity contribution in [1.29, 1.82) is 0 Å². The van der Waals surface area contributed by atoms with Crippen LogP contribution in [0.2, 0.25) is 0 Å². The van der Waals surface area contributed by atoms with Crippen molar-refractivity contribution < 1.29 is 19.7 Å². The summed E-state index contributed by atoms with van der Waals surface area (Å²) < 4.78 is 5.69. The summed E-state index contributed by atoms with van der Waals surface area (Å²) in [5.74, 6) is 0.619. The Balaban J connectivity index is 1.55. The molecule has 0 saturated carbocycles. The van der Waals surface area contributed by atoms with E-state index in [-0.39, 0.29) is 0 Å². The maximum Gasteiger partial charge on any atom is 0.249 e. The van der Waals surface area contributed by atoms with Gasteiger partial charge >= 0.3 is 0 Å². The Bertz CT molecular complexity index is 894. The van der Waals surface area contributed by atoms with Gasteiger partial charge in [0.15, 0.2) is 17.9 Å². The molecule has 0 radical (unpaired) electrons. The monoisotopic (exact) mass is 386 g/mol. The molecule has 1 saturated heterocycles. The van der Waals surface area contributed by atoms with Gasteiger partial charge in [0.25, 0.3) is 0 Å². The molecule has 148 valence electrons. The van der Waals surface area contributed by atoms with Crippen LogP contribution in [0.3, 0.4) is 0 Å². The Morgan fingerprint density at radius 3 is 2.86 bits per heavy atom. The maximum atomic E-state index is 11.6. The number of aromatic nitrogens is 2. The molecular weight excluding hydrogens is 364 g/mol. The van der Waals surface area contributed by atoms with Crippen molar-refractivity contribution in [3.63, 3.8) is 0 Å². The van der Waals surface area contributed by atoms with Gasteiger partial charge in [0, 0.05) is 12.1 Å². The van der Waals surface area contributed by atoms with E-state index in [1.165, 1.54) is 6.33 Å². The number of nitrogens with two attached hydrogens (primary N) is 1. The van der Waals surface area contributed by atoms with Gasteiger partial charge in [-0.25, -0.2) is 9.97 Å². The van der Waals surface area contributed by atoms with Gasteiger partial charge in [0.05, 0.1) is 12.8 Å². The number of aliphatic hydroxyl groups is 2. The Hall–Kier alpha value is -2.95. The fourth-order valence-corrected chi connectivity index (χ4v) is 3.52. The first kappa shape index (κ1) is 18.4. The number of rotatable bonds is 5. The van der Waals surface area contributed by atoms with E-state index in [0.29, 0.717) is 36.1 Å². The second-order valence-corrected chi connectivity index (χ2v) is 6.81. The van der Waals surface area contributed by atoms with Crippen molar-refractivity contribution in [2.75, 3.05) is 22.2 Å². The average molecular weight is 386 g/mol. The van der Waals surface area contributed by atoms with E-state index >= 15 is 0 Å². The zero-order valence-electron chi connectivity index (χ0n) is 15.2. The van der Waals surface area contributed by atoms with Crippen LogP contribution in [0.25, 0.3) is 0 Å². The van der Waals surface area contributed by atoms with Gasteiger partial charge in [-0.1, -0.05) is 18.2 Å². The van der Waals surface area contributed by atoms with E-state index in [9.17, 15) is 15.0 Å². The number of nitrogens with zero attached hydrogens (tertiary/aromatic N) is 3. The summed E-state index contributed by atoms with van der Waals surface area (Å²) in [6, 6.07) is 7.08. The Kier molecular flexibility index (Phi) is 4.75. The highest BCUT2D eigenvalue weighted by molar-refractivity contribution is 5.94. The number of benzene rings is 1. The molecule has 0 spiro atoms. The van der Waals surface area contributed by atoms with Gasteiger partial charge in [0.2, 0.25) is 5.91 Å². The predicted molar refractivity (Wildman–Crippen MR) is 102 cm³/mol. The molecule has 0 unspecified atom stereocenters. The topological polar surface area (TPSA) is 146 Å². The van der Waals surface area contributed by atoms with Gasteiger partial charge in [-0.2, -0.15) is 0 Å². The summed E-state index contributed by atoms with van der Waals surface area (Å²) in [5.41, 5.74) is 7.28. The number of carbonyl (C=O) groups is 1. The molecule has 28 heavy (non-hydrogen) atoms. The molecule has 4 rings (SSSR count). The molecule has 4 atom stereocenters. The van der Waals surface area contributed by atoms with Crippen LogP contribution in [0.15, 0.2) is 30.6 Å². The highest BCUT2D eigenvalue weighted by Crippen LogP contribution is 2.38. The Labute approximate surface area is 161 Å². The Morgan fingerprint density at radius 2 is 2.14 bits per heavy atom. The zero-order chi connectivity index (χ0) is 19.8. The summed E-state index contributed by atoms with van der Waals surface area (Å²) in [7, 11) is 0. The van der Waals surface area contributed by atoms with Crippen LogP contribution in [0.1, 0.15) is 22.8 Å². The lowest BCUT2D eigenvalue weighted by atomic mass is 10.1. The molecule has 2 aliphatic heterocycles. The molecule has 0 bridgehead atoms. The second-order valence-electron chi connectivity index (χ2n) is 6.81. The molecule has 0 aliphatic carbocycles. The minimum atomic E-state index is -1.04. The van der Waals surface area contributed by atoms with Gasteiger partial charge < -0.3 is 36.2 Å². The fraction of sp³-hybridized carbons (Fsp3) is 0.389. The highest BCUT2D eigenvalue weighted by atomic mass is 16.6. The molecule has 1 amide bonds. The molecule has 1 aromatic heterocycles. The molecule has 1 fully saturated rings.